The van der Waals surface area contributed by atoms with Gasteiger partial charge in [-0.2, -0.15) is 0 Å². The molecule has 0 saturated heterocycles. The number of hydrogen-bond donors (Lipinski definition) is 0. The Kier molecular flexibility index (Phi) is 2.47. The lowest BCUT2D eigenvalue weighted by Gasteiger charge is -2.13. The van der Waals surface area contributed by atoms with E-state index < -0.39 is 0 Å². The molecular formula is C15H12N2. The molecular weight excluding hydrogens is 208 g/mol. The highest BCUT2D eigenvalue weighted by molar-refractivity contribution is 5.80. The van der Waals surface area contributed by atoms with Gasteiger partial charge in [-0.25, -0.2) is 4.68 Å². The van der Waals surface area contributed by atoms with Gasteiger partial charge in [0.05, 0.1) is 0 Å². The molecule has 0 saturated carbocycles. The van der Waals surface area contributed by atoms with Gasteiger partial charge in [0.15, 0.2) is 12.4 Å². The number of benzene rings is 2. The van der Waals surface area contributed by atoms with Crippen LogP contribution < -0.4 is 4.68 Å². The van der Waals surface area contributed by atoms with Crippen molar-refractivity contribution in [1.29, 1.82) is 0 Å². The molecule has 0 bridgehead atoms. The van der Waals surface area contributed by atoms with E-state index in [4.69, 9.17) is 0 Å². The molecule has 2 heteroatoms. The number of hydrogen-bond acceptors (Lipinski definition) is 0. The maximum atomic E-state index is 4.51. The van der Waals surface area contributed by atoms with Crippen molar-refractivity contribution in [3.05, 3.63) is 78.5 Å². The summed E-state index contributed by atoms with van der Waals surface area (Å²) in [5, 5.41) is 2.42. The number of nitrogens with zero attached hydrogens (tertiary/aromatic N) is 2. The SMILES string of the molecule is c1ccc([N-][n+]2ccc3ccccc3c2)cc1. The van der Waals surface area contributed by atoms with Gasteiger partial charge in [0, 0.05) is 11.5 Å². The Morgan fingerprint density at radius 2 is 1.41 bits per heavy atom. The molecule has 0 spiro atoms. The summed E-state index contributed by atoms with van der Waals surface area (Å²) in [5.41, 5.74) is 5.46. The van der Waals surface area contributed by atoms with Crippen molar-refractivity contribution in [2.75, 3.05) is 0 Å². The number of aromatic nitrogens is 1. The molecule has 1 heterocycles. The Morgan fingerprint density at radius 3 is 2.24 bits per heavy atom. The Hall–Kier alpha value is -2.35. The topological polar surface area (TPSA) is 18.0 Å². The molecule has 82 valence electrons. The first kappa shape index (κ1) is 9.85. The minimum atomic E-state index is 0.952. The minimum absolute atomic E-state index is 0.952. The summed E-state index contributed by atoms with van der Waals surface area (Å²) in [7, 11) is 0. The summed E-state index contributed by atoms with van der Waals surface area (Å²) < 4.78 is 1.84. The van der Waals surface area contributed by atoms with Gasteiger partial charge in [-0.3, -0.25) is 0 Å². The van der Waals surface area contributed by atoms with E-state index in [0.29, 0.717) is 0 Å². The van der Waals surface area contributed by atoms with Crippen LogP contribution in [0.1, 0.15) is 0 Å². The second-order valence-electron chi connectivity index (χ2n) is 3.89. The van der Waals surface area contributed by atoms with Crippen molar-refractivity contribution in [2.24, 2.45) is 0 Å². The van der Waals surface area contributed by atoms with Crippen LogP contribution >= 0.6 is 0 Å². The lowest BCUT2D eigenvalue weighted by molar-refractivity contribution is -0.617. The molecule has 1 aromatic heterocycles. The van der Waals surface area contributed by atoms with Crippen LogP contribution in [0.3, 0.4) is 0 Å². The number of pyridine rings is 1. The summed E-state index contributed by atoms with van der Waals surface area (Å²) in [6.45, 7) is 0. The van der Waals surface area contributed by atoms with Crippen molar-refractivity contribution in [3.63, 3.8) is 0 Å². The summed E-state index contributed by atoms with van der Waals surface area (Å²) >= 11 is 0. The summed E-state index contributed by atoms with van der Waals surface area (Å²) in [5.74, 6) is 0. The first-order valence-corrected chi connectivity index (χ1v) is 5.59. The van der Waals surface area contributed by atoms with E-state index in [-0.39, 0.29) is 0 Å². The molecule has 3 rings (SSSR count). The molecule has 17 heavy (non-hydrogen) atoms. The van der Waals surface area contributed by atoms with Crippen LogP contribution in [0.15, 0.2) is 73.1 Å². The van der Waals surface area contributed by atoms with Crippen molar-refractivity contribution < 1.29 is 4.68 Å². The zero-order valence-electron chi connectivity index (χ0n) is 9.32. The van der Waals surface area contributed by atoms with Gasteiger partial charge in [0.25, 0.3) is 0 Å². The molecule has 2 nitrogen and oxygen atoms in total. The van der Waals surface area contributed by atoms with E-state index in [0.717, 1.165) is 5.69 Å². The first-order valence-electron chi connectivity index (χ1n) is 5.59. The normalized spacial score (nSPS) is 10.4. The Bertz CT molecular complexity index is 633. The average Bonchev–Trinajstić information content (AvgIpc) is 2.40. The highest BCUT2D eigenvalue weighted by Crippen LogP contribution is 2.15. The van der Waals surface area contributed by atoms with E-state index >= 15 is 0 Å². The maximum absolute atomic E-state index is 4.51. The summed E-state index contributed by atoms with van der Waals surface area (Å²) in [4.78, 5) is 0. The van der Waals surface area contributed by atoms with Crippen LogP contribution in [0.2, 0.25) is 0 Å². The van der Waals surface area contributed by atoms with Gasteiger partial charge in [0.2, 0.25) is 0 Å². The van der Waals surface area contributed by atoms with Gasteiger partial charge in [-0.1, -0.05) is 54.2 Å². The molecule has 0 N–H and O–H groups in total. The molecule has 2 aromatic carbocycles. The van der Waals surface area contributed by atoms with Crippen molar-refractivity contribution in [1.82, 2.24) is 0 Å². The van der Waals surface area contributed by atoms with Crippen LogP contribution in [0, 0.1) is 0 Å². The molecule has 0 atom stereocenters. The number of fused-ring (bicyclic) bond motifs is 1. The van der Waals surface area contributed by atoms with Gasteiger partial charge >= 0.3 is 0 Å². The van der Waals surface area contributed by atoms with Crippen LogP contribution in [0.25, 0.3) is 16.2 Å². The second-order valence-corrected chi connectivity index (χ2v) is 3.89. The van der Waals surface area contributed by atoms with Gasteiger partial charge in [0.1, 0.15) is 0 Å². The molecule has 0 amide bonds. The minimum Gasteiger partial charge on any atom is -0.405 e. The van der Waals surface area contributed by atoms with Crippen molar-refractivity contribution >= 4 is 16.5 Å². The first-order chi connectivity index (χ1) is 8.42. The van der Waals surface area contributed by atoms with Gasteiger partial charge < -0.3 is 5.43 Å². The molecule has 3 aromatic rings. The third-order valence-corrected chi connectivity index (χ3v) is 2.66. The van der Waals surface area contributed by atoms with E-state index in [1.165, 1.54) is 10.8 Å². The second kappa shape index (κ2) is 4.26. The van der Waals surface area contributed by atoms with E-state index in [1.807, 2.05) is 59.5 Å². The third kappa shape index (κ3) is 2.11. The fourth-order valence-corrected chi connectivity index (χ4v) is 1.81. The van der Waals surface area contributed by atoms with Crippen molar-refractivity contribution in [3.8, 4) is 0 Å². The monoisotopic (exact) mass is 220 g/mol. The average molecular weight is 220 g/mol. The third-order valence-electron chi connectivity index (χ3n) is 2.66. The predicted molar refractivity (Wildman–Crippen MR) is 69.0 cm³/mol. The smallest absolute Gasteiger partial charge is 0.172 e. The van der Waals surface area contributed by atoms with E-state index in [1.54, 1.807) is 0 Å². The summed E-state index contributed by atoms with van der Waals surface area (Å²) in [6.07, 6.45) is 4.00. The molecule has 0 unspecified atom stereocenters. The maximum Gasteiger partial charge on any atom is 0.172 e. The van der Waals surface area contributed by atoms with E-state index in [9.17, 15) is 0 Å². The predicted octanol–water partition coefficient (Wildman–Crippen LogP) is 3.60. The molecule has 0 fully saturated rings. The lowest BCUT2D eigenvalue weighted by Crippen LogP contribution is -2.26. The van der Waals surface area contributed by atoms with E-state index in [2.05, 4.69) is 23.6 Å². The zero-order valence-corrected chi connectivity index (χ0v) is 9.32. The Morgan fingerprint density at radius 1 is 0.706 bits per heavy atom. The van der Waals surface area contributed by atoms with Crippen LogP contribution in [0.4, 0.5) is 5.69 Å². The standard InChI is InChI=1S/C15H12N2/c1-2-8-15(9-3-1)16-17-11-10-13-6-4-5-7-14(13)12-17/h1-12H. The van der Waals surface area contributed by atoms with Gasteiger partial charge in [-0.15, -0.1) is 0 Å². The van der Waals surface area contributed by atoms with Crippen molar-refractivity contribution in [2.45, 2.75) is 0 Å². The fraction of sp³-hybridized carbons (Fsp3) is 0. The quantitative estimate of drug-likeness (QED) is 0.587. The molecule has 0 aliphatic rings. The van der Waals surface area contributed by atoms with Crippen LogP contribution in [-0.2, 0) is 0 Å². The lowest BCUT2D eigenvalue weighted by atomic mass is 10.2. The van der Waals surface area contributed by atoms with Crippen LogP contribution in [0.5, 0.6) is 0 Å². The highest BCUT2D eigenvalue weighted by atomic mass is 15.4. The number of rotatable bonds is 2. The highest BCUT2D eigenvalue weighted by Gasteiger charge is 1.96. The van der Waals surface area contributed by atoms with Gasteiger partial charge in [-0.05, 0) is 11.5 Å². The fourth-order valence-electron chi connectivity index (χ4n) is 1.81. The van der Waals surface area contributed by atoms with Crippen LogP contribution in [-0.4, -0.2) is 0 Å². The Labute approximate surface area is 100 Å². The molecule has 0 aliphatic heterocycles. The zero-order chi connectivity index (χ0) is 11.5. The molecule has 0 radical (unpaired) electrons. The Balaban J connectivity index is 1.96. The summed E-state index contributed by atoms with van der Waals surface area (Å²) in [6, 6.07) is 20.3. The molecule has 0 aliphatic carbocycles. The largest absolute Gasteiger partial charge is 0.405 e.